The summed E-state index contributed by atoms with van der Waals surface area (Å²) in [6.07, 6.45) is 0.204. The molecule has 3 rings (SSSR count). The van der Waals surface area contributed by atoms with Gasteiger partial charge in [0, 0.05) is 50.2 Å². The second kappa shape index (κ2) is 13.5. The van der Waals surface area contributed by atoms with E-state index in [-0.39, 0.29) is 51.6 Å². The van der Waals surface area contributed by atoms with Crippen LogP contribution in [0.25, 0.3) is 5.41 Å². The normalized spacial score (nSPS) is 13.1. The molecule has 0 bridgehead atoms. The molecule has 1 aliphatic heterocycles. The molecule has 1 radical (unpaired) electrons. The van der Waals surface area contributed by atoms with Crippen LogP contribution in [0.4, 0.5) is 5.69 Å². The third kappa shape index (κ3) is 7.06. The van der Waals surface area contributed by atoms with Crippen LogP contribution >= 0.6 is 0 Å². The van der Waals surface area contributed by atoms with Gasteiger partial charge in [0.2, 0.25) is 5.75 Å². The number of hydrogen-bond donors (Lipinski definition) is 0. The fourth-order valence-corrected chi connectivity index (χ4v) is 2.33. The van der Waals surface area contributed by atoms with E-state index >= 15 is 0 Å². The molecule has 0 saturated carbocycles. The predicted molar refractivity (Wildman–Crippen MR) is 105 cm³/mol. The van der Waals surface area contributed by atoms with E-state index in [2.05, 4.69) is 0 Å². The minimum atomic E-state index is -0.597. The number of hydrogen-bond acceptors (Lipinski definition) is 5. The van der Waals surface area contributed by atoms with Crippen LogP contribution in [0.2, 0.25) is 0 Å². The van der Waals surface area contributed by atoms with Gasteiger partial charge in [-0.15, -0.1) is 0 Å². The molecule has 8 heteroatoms. The van der Waals surface area contributed by atoms with Crippen molar-refractivity contribution in [2.24, 2.45) is 0 Å². The molecule has 0 spiro atoms. The molecule has 1 saturated heterocycles. The predicted octanol–water partition coefficient (Wildman–Crippen LogP) is 4.90. The number of nitrogens with zero attached hydrogens (tertiary/aromatic N) is 2. The molecule has 1 fully saturated rings. The summed E-state index contributed by atoms with van der Waals surface area (Å²) >= 11 is 0. The van der Waals surface area contributed by atoms with Gasteiger partial charge in [-0.05, 0) is 24.1 Å². The summed E-state index contributed by atoms with van der Waals surface area (Å²) in [5, 5.41) is 21.3. The first-order chi connectivity index (χ1) is 12.6. The maximum absolute atomic E-state index is 11.2. The van der Waals surface area contributed by atoms with E-state index in [1.54, 1.807) is 36.4 Å². The van der Waals surface area contributed by atoms with Crippen molar-refractivity contribution >= 4 is 11.6 Å². The molecule has 2 aromatic rings. The minimum Gasteiger partial charge on any atom is -0.770 e. The first-order valence-electron chi connectivity index (χ1n) is 8.46. The van der Waals surface area contributed by atoms with E-state index in [0.717, 1.165) is 6.42 Å². The first-order valence-corrected chi connectivity index (χ1v) is 8.46. The van der Waals surface area contributed by atoms with Crippen molar-refractivity contribution in [2.75, 3.05) is 13.2 Å². The van der Waals surface area contributed by atoms with Crippen LogP contribution in [0, 0.1) is 17.5 Å². The maximum Gasteiger partial charge on any atom is 0.311 e. The van der Waals surface area contributed by atoms with Crippen molar-refractivity contribution in [1.29, 1.82) is 0 Å². The van der Waals surface area contributed by atoms with Gasteiger partial charge in [0.05, 0.1) is 18.1 Å². The number of nitro groups is 1. The molecule has 2 aromatic carbocycles. The van der Waals surface area contributed by atoms with Gasteiger partial charge in [0.1, 0.15) is 0 Å². The molecule has 1 heterocycles. The van der Waals surface area contributed by atoms with E-state index in [4.69, 9.17) is 14.2 Å². The third-order valence-corrected chi connectivity index (χ3v) is 3.51. The molecule has 0 N–H and O–H groups in total. The van der Waals surface area contributed by atoms with E-state index in [1.165, 1.54) is 12.1 Å². The maximum atomic E-state index is 11.2. The van der Waals surface area contributed by atoms with Crippen molar-refractivity contribution in [3.05, 3.63) is 82.6 Å². The average molecular weight is 461 g/mol. The van der Waals surface area contributed by atoms with Crippen LogP contribution in [0.1, 0.15) is 37.7 Å². The minimum absolute atomic E-state index is 0. The second-order valence-electron chi connectivity index (χ2n) is 5.18. The van der Waals surface area contributed by atoms with Gasteiger partial charge in [0.15, 0.2) is 6.29 Å². The van der Waals surface area contributed by atoms with Gasteiger partial charge < -0.3 is 27.0 Å². The Bertz CT molecular complexity index is 750. The molecule has 7 nitrogen and oxygen atoms in total. The molecule has 1 aliphatic rings. The van der Waals surface area contributed by atoms with Crippen LogP contribution in [0.15, 0.2) is 48.5 Å². The molecule has 0 amide bonds. The van der Waals surface area contributed by atoms with Gasteiger partial charge in [-0.1, -0.05) is 44.2 Å². The Morgan fingerprint density at radius 1 is 1.14 bits per heavy atom. The summed E-state index contributed by atoms with van der Waals surface area (Å²) < 4.78 is 16.3. The summed E-state index contributed by atoms with van der Waals surface area (Å²) in [6, 6.07) is 12.8. The van der Waals surface area contributed by atoms with Gasteiger partial charge in [-0.2, -0.15) is 0 Å². The van der Waals surface area contributed by atoms with E-state index in [9.17, 15) is 15.5 Å². The molecule has 0 aliphatic carbocycles. The Morgan fingerprint density at radius 3 is 2.32 bits per heavy atom. The van der Waals surface area contributed by atoms with Gasteiger partial charge in [0.25, 0.3) is 0 Å². The van der Waals surface area contributed by atoms with Crippen LogP contribution < -0.4 is 4.74 Å². The summed E-state index contributed by atoms with van der Waals surface area (Å²) in [5.41, 5.74) is 0.760. The molecule has 28 heavy (non-hydrogen) atoms. The van der Waals surface area contributed by atoms with Gasteiger partial charge in [-0.25, -0.2) is 0 Å². The number of nitro benzene ring substituents is 1. The number of benzene rings is 2. The summed E-state index contributed by atoms with van der Waals surface area (Å²) in [5.74, 6) is -0.488. The fourth-order valence-electron chi connectivity index (χ4n) is 2.33. The van der Waals surface area contributed by atoms with Gasteiger partial charge >= 0.3 is 5.69 Å². The molecular formula is C20H24N2O5Y-2. The van der Waals surface area contributed by atoms with Crippen molar-refractivity contribution in [3.8, 4) is 5.75 Å². The van der Waals surface area contributed by atoms with Crippen molar-refractivity contribution < 1.29 is 51.8 Å². The molecule has 0 atom stereocenters. The summed E-state index contributed by atoms with van der Waals surface area (Å²) in [4.78, 5) is 10.6. The third-order valence-electron chi connectivity index (χ3n) is 3.51. The Kier molecular flexibility index (Phi) is 12.7. The second-order valence-corrected chi connectivity index (χ2v) is 5.18. The Balaban J connectivity index is 0.00000177. The standard InChI is InChI=1S/C17H15N2O5.C2H6.CH3.Y/c18-16(12-5-2-1-3-6-12)24-15-11-13(7-8-14(15)19(20)21)17-22-9-4-10-23-17;1-2;;/h1-3,5-8,11,17H,4,9-10H2;1-2H3;1H3;/q-1;;-1;. The molecule has 0 unspecified atom stereocenters. The van der Waals surface area contributed by atoms with E-state index < -0.39 is 17.1 Å². The van der Waals surface area contributed by atoms with Crippen LogP contribution in [0.5, 0.6) is 5.75 Å². The monoisotopic (exact) mass is 461 g/mol. The van der Waals surface area contributed by atoms with E-state index in [1.807, 2.05) is 13.8 Å². The zero-order valence-corrected chi connectivity index (χ0v) is 19.2. The van der Waals surface area contributed by atoms with Crippen molar-refractivity contribution in [1.82, 2.24) is 0 Å². The average Bonchev–Trinajstić information content (AvgIpc) is 2.70. The number of ether oxygens (including phenoxy) is 3. The van der Waals surface area contributed by atoms with Crippen molar-refractivity contribution in [3.63, 3.8) is 0 Å². The topological polar surface area (TPSA) is 93.1 Å². The largest absolute Gasteiger partial charge is 0.770 e. The van der Waals surface area contributed by atoms with Crippen LogP contribution in [-0.2, 0) is 42.2 Å². The number of rotatable bonds is 4. The van der Waals surface area contributed by atoms with Crippen molar-refractivity contribution in [2.45, 2.75) is 26.6 Å². The van der Waals surface area contributed by atoms with Gasteiger partial charge in [-0.3, -0.25) is 10.1 Å². The Labute approximate surface area is 190 Å². The molecule has 0 aromatic heterocycles. The first kappa shape index (κ1) is 26.3. The Morgan fingerprint density at radius 2 is 1.75 bits per heavy atom. The zero-order chi connectivity index (χ0) is 18.9. The van der Waals surface area contributed by atoms with E-state index in [0.29, 0.717) is 24.3 Å². The molecular weight excluding hydrogens is 437 g/mol. The summed E-state index contributed by atoms with van der Waals surface area (Å²) in [6.45, 7) is 5.11. The zero-order valence-electron chi connectivity index (χ0n) is 16.3. The van der Waals surface area contributed by atoms with Crippen LogP contribution in [-0.4, -0.2) is 24.0 Å². The SMILES string of the molecule is CC.[CH3-].[N-]=C(Oc1cc(C2OCCCO2)ccc1[N+](=O)[O-])c1ccccc1.[Y]. The smallest absolute Gasteiger partial charge is 0.311 e. The quantitative estimate of drug-likeness (QED) is 0.212. The van der Waals surface area contributed by atoms with Crippen LogP contribution in [0.3, 0.4) is 0 Å². The summed E-state index contributed by atoms with van der Waals surface area (Å²) in [7, 11) is 0. The fraction of sp³-hybridized carbons (Fsp3) is 0.300. The molecule has 149 valence electrons. The Hall–Kier alpha value is -1.67.